The van der Waals surface area contributed by atoms with Gasteiger partial charge in [-0.1, -0.05) is 17.7 Å². The smallest absolute Gasteiger partial charge is 0.328 e. The van der Waals surface area contributed by atoms with E-state index in [1.165, 1.54) is 25.1 Å². The van der Waals surface area contributed by atoms with Gasteiger partial charge in [0.05, 0.1) is 18.6 Å². The number of carbonyl (C=O) groups is 1. The minimum Gasteiger partial charge on any atom is -0.497 e. The zero-order chi connectivity index (χ0) is 20.3. The van der Waals surface area contributed by atoms with E-state index >= 15 is 0 Å². The van der Waals surface area contributed by atoms with Gasteiger partial charge in [0.1, 0.15) is 11.4 Å². The number of benzene rings is 2. The van der Waals surface area contributed by atoms with Crippen LogP contribution in [0.25, 0.3) is 0 Å². The largest absolute Gasteiger partial charge is 0.497 e. The molecule has 0 fully saturated rings. The Morgan fingerprint density at radius 3 is 2.33 bits per heavy atom. The fourth-order valence-electron chi connectivity index (χ4n) is 3.01. The number of methoxy groups -OCH3 is 1. The number of rotatable bonds is 6. The Morgan fingerprint density at radius 1 is 1.22 bits per heavy atom. The number of likely N-dealkylation sites (N-methyl/N-ethyl adjacent to an activating group) is 1. The highest BCUT2D eigenvalue weighted by atomic mass is 19.1. The van der Waals surface area contributed by atoms with Gasteiger partial charge in [-0.05, 0) is 31.9 Å². The van der Waals surface area contributed by atoms with Crippen LogP contribution in [0.3, 0.4) is 0 Å². The summed E-state index contributed by atoms with van der Waals surface area (Å²) in [4.78, 5) is 24.2. The average Bonchev–Trinajstić information content (AvgIpc) is 2.56. The first-order valence-electron chi connectivity index (χ1n) is 8.24. The number of nitrogens with one attached hydrogen (secondary N) is 1. The van der Waals surface area contributed by atoms with Crippen molar-refractivity contribution in [3.05, 3.63) is 56.9 Å². The number of aryl methyl sites for hydroxylation is 3. The number of halogens is 1. The lowest BCUT2D eigenvalue weighted by molar-refractivity contribution is -0.386. The predicted octanol–water partition coefficient (Wildman–Crippen LogP) is 3.74. The zero-order valence-electron chi connectivity index (χ0n) is 15.9. The third kappa shape index (κ3) is 4.52. The van der Waals surface area contributed by atoms with E-state index in [0.717, 1.165) is 22.8 Å². The quantitative estimate of drug-likeness (QED) is 0.614. The molecule has 0 radical (unpaired) electrons. The lowest BCUT2D eigenvalue weighted by atomic mass is 10.1. The normalized spacial score (nSPS) is 10.4. The summed E-state index contributed by atoms with van der Waals surface area (Å²) in [5.41, 5.74) is 2.88. The van der Waals surface area contributed by atoms with Gasteiger partial charge in [-0.3, -0.25) is 14.9 Å². The highest BCUT2D eigenvalue weighted by Crippen LogP contribution is 2.34. The van der Waals surface area contributed by atoms with Crippen LogP contribution in [0.4, 0.5) is 21.5 Å². The molecule has 2 aromatic rings. The van der Waals surface area contributed by atoms with Gasteiger partial charge in [-0.2, -0.15) is 4.39 Å². The van der Waals surface area contributed by atoms with E-state index in [4.69, 9.17) is 4.74 Å². The van der Waals surface area contributed by atoms with Gasteiger partial charge < -0.3 is 15.0 Å². The Kier molecular flexibility index (Phi) is 5.99. The second kappa shape index (κ2) is 8.03. The molecule has 27 heavy (non-hydrogen) atoms. The van der Waals surface area contributed by atoms with Crippen molar-refractivity contribution in [2.75, 3.05) is 30.9 Å². The van der Waals surface area contributed by atoms with Crippen LogP contribution >= 0.6 is 0 Å². The monoisotopic (exact) mass is 375 g/mol. The summed E-state index contributed by atoms with van der Waals surface area (Å²) in [5, 5.41) is 14.1. The number of nitro benzene ring substituents is 1. The summed E-state index contributed by atoms with van der Waals surface area (Å²) in [7, 11) is 2.82. The van der Waals surface area contributed by atoms with Crippen LogP contribution in [-0.2, 0) is 4.79 Å². The van der Waals surface area contributed by atoms with Gasteiger partial charge in [0.2, 0.25) is 11.7 Å². The molecule has 0 saturated heterocycles. The van der Waals surface area contributed by atoms with Gasteiger partial charge in [0, 0.05) is 24.9 Å². The van der Waals surface area contributed by atoms with Crippen molar-refractivity contribution in [2.24, 2.45) is 0 Å². The van der Waals surface area contributed by atoms with Crippen LogP contribution in [0.15, 0.2) is 24.3 Å². The fraction of sp³-hybridized carbons (Fsp3) is 0.316. The molecule has 0 aliphatic carbocycles. The van der Waals surface area contributed by atoms with Crippen LogP contribution < -0.4 is 15.0 Å². The molecule has 0 atom stereocenters. The second-order valence-electron chi connectivity index (χ2n) is 6.41. The SMILES string of the molecule is COc1cc(F)c([N+](=O)[O-])c(N(C)CC(=O)Nc2c(C)cc(C)cc2C)c1. The number of hydrogen-bond donors (Lipinski definition) is 1. The Bertz CT molecular complexity index is 876. The maximum atomic E-state index is 14.1. The van der Waals surface area contributed by atoms with E-state index in [1.54, 1.807) is 0 Å². The first kappa shape index (κ1) is 20.2. The topological polar surface area (TPSA) is 84.7 Å². The number of nitrogens with zero attached hydrogens (tertiary/aromatic N) is 2. The van der Waals surface area contributed by atoms with E-state index < -0.39 is 16.4 Å². The van der Waals surface area contributed by atoms with Gasteiger partial charge >= 0.3 is 5.69 Å². The van der Waals surface area contributed by atoms with Crippen LogP contribution in [0.1, 0.15) is 16.7 Å². The molecule has 1 amide bonds. The summed E-state index contributed by atoms with van der Waals surface area (Å²) in [5.74, 6) is -1.26. The molecule has 0 bridgehead atoms. The maximum Gasteiger partial charge on any atom is 0.328 e. The number of carbonyl (C=O) groups excluding carboxylic acids is 1. The molecule has 0 saturated carbocycles. The summed E-state index contributed by atoms with van der Waals surface area (Å²) < 4.78 is 19.1. The van der Waals surface area contributed by atoms with Crippen LogP contribution in [0, 0.1) is 36.7 Å². The van der Waals surface area contributed by atoms with Gasteiger partial charge in [0.15, 0.2) is 0 Å². The van der Waals surface area contributed by atoms with Crippen molar-refractivity contribution in [2.45, 2.75) is 20.8 Å². The van der Waals surface area contributed by atoms with Gasteiger partial charge in [-0.25, -0.2) is 0 Å². The predicted molar refractivity (Wildman–Crippen MR) is 102 cm³/mol. The van der Waals surface area contributed by atoms with E-state index in [9.17, 15) is 19.3 Å². The molecule has 1 N–H and O–H groups in total. The maximum absolute atomic E-state index is 14.1. The molecule has 0 spiro atoms. The molecule has 144 valence electrons. The molecule has 2 aromatic carbocycles. The third-order valence-electron chi connectivity index (χ3n) is 4.17. The van der Waals surface area contributed by atoms with Crippen molar-refractivity contribution in [3.63, 3.8) is 0 Å². The molecule has 0 aliphatic heterocycles. The standard InChI is InChI=1S/C19H22FN3O4/c1-11-6-12(2)18(13(3)7-11)21-17(24)10-22(4)16-9-14(27-5)8-15(20)19(16)23(25)26/h6-9H,10H2,1-5H3,(H,21,24). The Labute approximate surface area is 156 Å². The van der Waals surface area contributed by atoms with E-state index in [-0.39, 0.29) is 23.9 Å². The molecule has 7 nitrogen and oxygen atoms in total. The number of amides is 1. The van der Waals surface area contributed by atoms with Crippen molar-refractivity contribution in [3.8, 4) is 5.75 Å². The molecular weight excluding hydrogens is 353 g/mol. The first-order valence-corrected chi connectivity index (χ1v) is 8.24. The van der Waals surface area contributed by atoms with Crippen LogP contribution in [-0.4, -0.2) is 31.5 Å². The minimum atomic E-state index is -1.02. The van der Waals surface area contributed by atoms with E-state index in [2.05, 4.69) is 5.32 Å². The van der Waals surface area contributed by atoms with Crippen molar-refractivity contribution < 1.29 is 18.8 Å². The molecule has 0 aromatic heterocycles. The van der Waals surface area contributed by atoms with Crippen molar-refractivity contribution >= 4 is 23.0 Å². The van der Waals surface area contributed by atoms with E-state index in [0.29, 0.717) is 5.69 Å². The van der Waals surface area contributed by atoms with E-state index in [1.807, 2.05) is 32.9 Å². The Balaban J connectivity index is 2.27. The summed E-state index contributed by atoms with van der Waals surface area (Å²) >= 11 is 0. The van der Waals surface area contributed by atoms with Crippen LogP contribution in [0.5, 0.6) is 5.75 Å². The van der Waals surface area contributed by atoms with Gasteiger partial charge in [-0.15, -0.1) is 0 Å². The minimum absolute atomic E-state index is 0.0376. The summed E-state index contributed by atoms with van der Waals surface area (Å²) in [6.45, 7) is 5.55. The second-order valence-corrected chi connectivity index (χ2v) is 6.41. The van der Waals surface area contributed by atoms with Crippen molar-refractivity contribution in [1.29, 1.82) is 0 Å². The molecule has 0 unspecified atom stereocenters. The number of anilines is 2. The zero-order valence-corrected chi connectivity index (χ0v) is 15.9. The lowest BCUT2D eigenvalue weighted by Crippen LogP contribution is -2.31. The van der Waals surface area contributed by atoms with Crippen molar-refractivity contribution in [1.82, 2.24) is 0 Å². The molecule has 0 aliphatic rings. The number of hydrogen-bond acceptors (Lipinski definition) is 5. The summed E-state index contributed by atoms with van der Waals surface area (Å²) in [6, 6.07) is 6.18. The molecule has 0 heterocycles. The number of nitro groups is 1. The fourth-order valence-corrected chi connectivity index (χ4v) is 3.01. The molecule has 8 heteroatoms. The van der Waals surface area contributed by atoms with Gasteiger partial charge in [0.25, 0.3) is 0 Å². The number of ether oxygens (including phenoxy) is 1. The first-order chi connectivity index (χ1) is 12.6. The summed E-state index contributed by atoms with van der Waals surface area (Å²) in [6.07, 6.45) is 0. The molecule has 2 rings (SSSR count). The third-order valence-corrected chi connectivity index (χ3v) is 4.17. The lowest BCUT2D eigenvalue weighted by Gasteiger charge is -2.20. The highest BCUT2D eigenvalue weighted by molar-refractivity contribution is 5.95. The Hall–Kier alpha value is -3.16. The molecular formula is C19H22FN3O4. The average molecular weight is 375 g/mol. The van der Waals surface area contributed by atoms with Crippen LogP contribution in [0.2, 0.25) is 0 Å². The Morgan fingerprint density at radius 2 is 1.81 bits per heavy atom. The highest BCUT2D eigenvalue weighted by Gasteiger charge is 2.25.